The van der Waals surface area contributed by atoms with E-state index in [0.717, 1.165) is 9.87 Å². The van der Waals surface area contributed by atoms with E-state index in [1.54, 1.807) is 0 Å². The summed E-state index contributed by atoms with van der Waals surface area (Å²) in [5.74, 6) is 0.0224. The van der Waals surface area contributed by atoms with Crippen molar-refractivity contribution in [2.75, 3.05) is 25.4 Å². The maximum absolute atomic E-state index is 12.2. The van der Waals surface area contributed by atoms with Crippen molar-refractivity contribution < 1.29 is 18.6 Å². The second-order valence-electron chi connectivity index (χ2n) is 4.84. The molecule has 1 aromatic rings. The summed E-state index contributed by atoms with van der Waals surface area (Å²) in [7, 11) is -3.44. The van der Waals surface area contributed by atoms with Gasteiger partial charge in [-0.2, -0.15) is 4.31 Å². The first-order valence-electron chi connectivity index (χ1n) is 6.76. The van der Waals surface area contributed by atoms with Crippen LogP contribution >= 0.6 is 0 Å². The van der Waals surface area contributed by atoms with Crippen molar-refractivity contribution in [3.8, 4) is 0 Å². The lowest BCUT2D eigenvalue weighted by molar-refractivity contribution is 0.152. The minimum absolute atomic E-state index is 0.0221. The summed E-state index contributed by atoms with van der Waals surface area (Å²) in [4.78, 5) is 0. The lowest BCUT2D eigenvalue weighted by Gasteiger charge is -2.22. The van der Waals surface area contributed by atoms with Crippen molar-refractivity contribution in [2.24, 2.45) is 0 Å². The van der Waals surface area contributed by atoms with Crippen LogP contribution in [-0.2, 0) is 16.4 Å². The number of aryl methyl sites for hydroxylation is 1. The minimum atomic E-state index is -3.44. The predicted octanol–water partition coefficient (Wildman–Crippen LogP) is 0.624. The monoisotopic (exact) mass is 301 g/mol. The van der Waals surface area contributed by atoms with Gasteiger partial charge in [-0.05, 0) is 25.3 Å². The highest BCUT2D eigenvalue weighted by Crippen LogP contribution is 2.08. The highest BCUT2D eigenvalue weighted by atomic mass is 32.2. The summed E-state index contributed by atoms with van der Waals surface area (Å²) in [5, 5.41) is 18.3. The fourth-order valence-corrected chi connectivity index (χ4v) is 3.55. The van der Waals surface area contributed by atoms with Gasteiger partial charge in [0.05, 0.1) is 18.5 Å². The maximum atomic E-state index is 12.2. The van der Waals surface area contributed by atoms with Gasteiger partial charge in [-0.1, -0.05) is 30.3 Å². The maximum Gasteiger partial charge on any atom is 0.214 e. The van der Waals surface area contributed by atoms with E-state index in [4.69, 9.17) is 5.11 Å². The number of hydrogen-bond acceptors (Lipinski definition) is 4. The molecule has 0 bridgehead atoms. The summed E-state index contributed by atoms with van der Waals surface area (Å²) in [6.45, 7) is 1.33. The third kappa shape index (κ3) is 6.00. The first kappa shape index (κ1) is 17.1. The van der Waals surface area contributed by atoms with Crippen molar-refractivity contribution in [3.05, 3.63) is 35.9 Å². The molecule has 0 radical (unpaired) electrons. The summed E-state index contributed by atoms with van der Waals surface area (Å²) < 4.78 is 25.5. The topological polar surface area (TPSA) is 77.8 Å². The zero-order chi connectivity index (χ0) is 15.0. The molecular weight excluding hydrogens is 278 g/mol. The Hall–Kier alpha value is -0.950. The van der Waals surface area contributed by atoms with E-state index in [2.05, 4.69) is 0 Å². The molecule has 0 spiro atoms. The van der Waals surface area contributed by atoms with Crippen LogP contribution < -0.4 is 0 Å². The third-order valence-corrected chi connectivity index (χ3v) is 4.84. The lowest BCUT2D eigenvalue weighted by Crippen LogP contribution is -2.39. The van der Waals surface area contributed by atoms with Gasteiger partial charge in [0.15, 0.2) is 0 Å². The predicted molar refractivity (Wildman–Crippen MR) is 78.9 cm³/mol. The molecule has 2 N–H and O–H groups in total. The van der Waals surface area contributed by atoms with Crippen molar-refractivity contribution in [2.45, 2.75) is 25.9 Å². The molecule has 0 aromatic heterocycles. The molecule has 1 rings (SSSR count). The van der Waals surface area contributed by atoms with Gasteiger partial charge >= 0.3 is 0 Å². The van der Waals surface area contributed by atoms with Gasteiger partial charge in [-0.15, -0.1) is 0 Å². The summed E-state index contributed by atoms with van der Waals surface area (Å²) >= 11 is 0. The largest absolute Gasteiger partial charge is 0.395 e. The normalized spacial score (nSPS) is 13.6. The molecule has 0 saturated heterocycles. The number of aliphatic hydroxyl groups excluding tert-OH is 2. The Balaban J connectivity index is 2.54. The number of benzene rings is 1. The molecule has 0 heterocycles. The van der Waals surface area contributed by atoms with Crippen LogP contribution in [0.5, 0.6) is 0 Å². The Labute approximate surface area is 120 Å². The van der Waals surface area contributed by atoms with Crippen LogP contribution in [0.4, 0.5) is 0 Å². The van der Waals surface area contributed by atoms with E-state index in [1.807, 2.05) is 30.3 Å². The van der Waals surface area contributed by atoms with Gasteiger partial charge in [0.25, 0.3) is 0 Å². The lowest BCUT2D eigenvalue weighted by atomic mass is 10.1. The number of aliphatic hydroxyl groups is 2. The molecule has 0 amide bonds. The fraction of sp³-hybridized carbons (Fsp3) is 0.571. The van der Waals surface area contributed by atoms with Crippen molar-refractivity contribution in [3.63, 3.8) is 0 Å². The second kappa shape index (κ2) is 8.36. The molecule has 1 aromatic carbocycles. The average molecular weight is 301 g/mol. The first-order chi connectivity index (χ1) is 9.45. The highest BCUT2D eigenvalue weighted by Gasteiger charge is 2.22. The van der Waals surface area contributed by atoms with E-state index >= 15 is 0 Å². The molecule has 0 aliphatic heterocycles. The smallest absolute Gasteiger partial charge is 0.214 e. The van der Waals surface area contributed by atoms with Crippen LogP contribution in [-0.4, -0.2) is 54.5 Å². The van der Waals surface area contributed by atoms with Crippen LogP contribution in [0.3, 0.4) is 0 Å². The molecule has 114 valence electrons. The average Bonchev–Trinajstić information content (AvgIpc) is 2.39. The Morgan fingerprint density at radius 3 is 2.45 bits per heavy atom. The first-order valence-corrected chi connectivity index (χ1v) is 8.37. The standard InChI is InChI=1S/C14H23NO4S/c1-13(17)12-15(9-10-16)20(18,19)11-5-8-14-6-3-2-4-7-14/h2-4,6-7,13,16-17H,5,8-12H2,1H3. The molecule has 1 unspecified atom stereocenters. The SMILES string of the molecule is CC(O)CN(CCO)S(=O)(=O)CCCc1ccccc1. The second-order valence-corrected chi connectivity index (χ2v) is 6.92. The van der Waals surface area contributed by atoms with E-state index in [9.17, 15) is 13.5 Å². The van der Waals surface area contributed by atoms with E-state index in [1.165, 1.54) is 6.92 Å². The van der Waals surface area contributed by atoms with Gasteiger partial charge in [-0.25, -0.2) is 8.42 Å². The quantitative estimate of drug-likeness (QED) is 0.701. The molecule has 5 nitrogen and oxygen atoms in total. The number of hydrogen-bond donors (Lipinski definition) is 2. The van der Waals surface area contributed by atoms with Crippen molar-refractivity contribution >= 4 is 10.0 Å². The van der Waals surface area contributed by atoms with E-state index < -0.39 is 16.1 Å². The Kier molecular flexibility index (Phi) is 7.15. The van der Waals surface area contributed by atoms with E-state index in [-0.39, 0.29) is 25.4 Å². The van der Waals surface area contributed by atoms with Crippen LogP contribution in [0.2, 0.25) is 0 Å². The molecule has 6 heteroatoms. The third-order valence-electron chi connectivity index (χ3n) is 2.92. The van der Waals surface area contributed by atoms with Crippen LogP contribution in [0.25, 0.3) is 0 Å². The Morgan fingerprint density at radius 1 is 1.25 bits per heavy atom. The molecule has 1 atom stereocenters. The Morgan fingerprint density at radius 2 is 1.90 bits per heavy atom. The molecule has 20 heavy (non-hydrogen) atoms. The summed E-state index contributed by atoms with van der Waals surface area (Å²) in [6, 6.07) is 9.71. The van der Waals surface area contributed by atoms with Crippen molar-refractivity contribution in [1.29, 1.82) is 0 Å². The zero-order valence-corrected chi connectivity index (χ0v) is 12.6. The fourth-order valence-electron chi connectivity index (χ4n) is 1.98. The van der Waals surface area contributed by atoms with Gasteiger partial charge in [0, 0.05) is 13.1 Å². The summed E-state index contributed by atoms with van der Waals surface area (Å²) in [6.07, 6.45) is 0.473. The van der Waals surface area contributed by atoms with Gasteiger partial charge in [-0.3, -0.25) is 0 Å². The summed E-state index contributed by atoms with van der Waals surface area (Å²) in [5.41, 5.74) is 1.10. The number of nitrogens with zero attached hydrogens (tertiary/aromatic N) is 1. The van der Waals surface area contributed by atoms with Crippen LogP contribution in [0, 0.1) is 0 Å². The minimum Gasteiger partial charge on any atom is -0.395 e. The van der Waals surface area contributed by atoms with Crippen LogP contribution in [0.1, 0.15) is 18.9 Å². The van der Waals surface area contributed by atoms with Crippen molar-refractivity contribution in [1.82, 2.24) is 4.31 Å². The highest BCUT2D eigenvalue weighted by molar-refractivity contribution is 7.89. The Bertz CT molecular complexity index is 473. The van der Waals surface area contributed by atoms with Gasteiger partial charge in [0.2, 0.25) is 10.0 Å². The molecule has 0 aliphatic rings. The van der Waals surface area contributed by atoms with Crippen LogP contribution in [0.15, 0.2) is 30.3 Å². The number of rotatable bonds is 9. The number of sulfonamides is 1. The molecule has 0 aliphatic carbocycles. The van der Waals surface area contributed by atoms with Gasteiger partial charge < -0.3 is 10.2 Å². The molecule has 0 fully saturated rings. The van der Waals surface area contributed by atoms with E-state index in [0.29, 0.717) is 12.8 Å². The molecular formula is C14H23NO4S. The zero-order valence-electron chi connectivity index (χ0n) is 11.8. The molecule has 0 saturated carbocycles. The van der Waals surface area contributed by atoms with Gasteiger partial charge in [0.1, 0.15) is 0 Å².